The Kier molecular flexibility index (Phi) is 5.32. The Balaban J connectivity index is 2.74. The smallest absolute Gasteiger partial charge is 0.339 e. The minimum Gasteiger partial charge on any atom is -0.496 e. The molecule has 0 bridgehead atoms. The number of amides is 1. The van der Waals surface area contributed by atoms with E-state index in [1.807, 2.05) is 19.0 Å². The molecule has 1 aromatic carbocycles. The molecule has 19 heavy (non-hydrogen) atoms. The third kappa shape index (κ3) is 4.59. The quantitative estimate of drug-likeness (QED) is 0.811. The number of benzene rings is 1. The molecule has 0 saturated heterocycles. The normalized spacial score (nSPS) is 10.3. The van der Waals surface area contributed by atoms with Gasteiger partial charge < -0.3 is 20.1 Å². The number of carboxylic acids is 1. The molecule has 104 valence electrons. The average Bonchev–Trinajstić information content (AvgIpc) is 2.35. The second-order valence-electron chi connectivity index (χ2n) is 4.32. The first-order valence-electron chi connectivity index (χ1n) is 5.80. The fraction of sp³-hybridized carbons (Fsp3) is 0.385. The number of hydrogen-bond acceptors (Lipinski definition) is 4. The number of anilines is 1. The Labute approximate surface area is 112 Å². The number of rotatable bonds is 6. The molecule has 2 N–H and O–H groups in total. The number of carboxylic acid groups (broad SMARTS) is 1. The van der Waals surface area contributed by atoms with E-state index >= 15 is 0 Å². The lowest BCUT2D eigenvalue weighted by molar-refractivity contribution is -0.116. The molecule has 0 atom stereocenters. The molecule has 1 amide bonds. The third-order valence-electron chi connectivity index (χ3n) is 2.50. The molecule has 0 aromatic heterocycles. The number of carbonyl (C=O) groups excluding carboxylic acids is 1. The van der Waals surface area contributed by atoms with Crippen LogP contribution in [0, 0.1) is 0 Å². The monoisotopic (exact) mass is 266 g/mol. The maximum absolute atomic E-state index is 11.6. The van der Waals surface area contributed by atoms with E-state index in [-0.39, 0.29) is 17.2 Å². The maximum atomic E-state index is 11.6. The zero-order chi connectivity index (χ0) is 14.4. The van der Waals surface area contributed by atoms with Crippen LogP contribution in [0.5, 0.6) is 5.75 Å². The minimum absolute atomic E-state index is 0.0637. The summed E-state index contributed by atoms with van der Waals surface area (Å²) < 4.78 is 4.99. The summed E-state index contributed by atoms with van der Waals surface area (Å²) in [5.74, 6) is -0.973. The van der Waals surface area contributed by atoms with E-state index in [4.69, 9.17) is 9.84 Å². The van der Waals surface area contributed by atoms with Crippen LogP contribution in [0.4, 0.5) is 5.69 Å². The summed E-state index contributed by atoms with van der Waals surface area (Å²) in [5.41, 5.74) is 0.583. The third-order valence-corrected chi connectivity index (χ3v) is 2.50. The van der Waals surface area contributed by atoms with Gasteiger partial charge in [-0.2, -0.15) is 0 Å². The zero-order valence-electron chi connectivity index (χ0n) is 11.3. The number of ether oxygens (including phenoxy) is 1. The fourth-order valence-corrected chi connectivity index (χ4v) is 1.49. The Morgan fingerprint density at radius 3 is 2.58 bits per heavy atom. The molecule has 0 spiro atoms. The van der Waals surface area contributed by atoms with Crippen molar-refractivity contribution in [2.24, 2.45) is 0 Å². The van der Waals surface area contributed by atoms with Gasteiger partial charge in [0.2, 0.25) is 5.91 Å². The van der Waals surface area contributed by atoms with Crippen molar-refractivity contribution in [3.8, 4) is 5.75 Å². The van der Waals surface area contributed by atoms with Crippen LogP contribution in [0.3, 0.4) is 0 Å². The molecule has 0 fully saturated rings. The molecule has 0 aliphatic heterocycles. The summed E-state index contributed by atoms with van der Waals surface area (Å²) in [6, 6.07) is 4.44. The lowest BCUT2D eigenvalue weighted by Crippen LogP contribution is -2.20. The van der Waals surface area contributed by atoms with Gasteiger partial charge in [0.1, 0.15) is 11.3 Å². The molecule has 1 rings (SSSR count). The SMILES string of the molecule is COc1cc(NC(=O)CCN(C)C)ccc1C(=O)O. The van der Waals surface area contributed by atoms with Crippen molar-refractivity contribution in [2.75, 3.05) is 33.1 Å². The molecule has 0 unspecified atom stereocenters. The number of nitrogens with one attached hydrogen (secondary N) is 1. The van der Waals surface area contributed by atoms with E-state index in [9.17, 15) is 9.59 Å². The lowest BCUT2D eigenvalue weighted by Gasteiger charge is -2.11. The Morgan fingerprint density at radius 1 is 1.37 bits per heavy atom. The predicted molar refractivity (Wildman–Crippen MR) is 71.8 cm³/mol. The van der Waals surface area contributed by atoms with Crippen LogP contribution in [-0.4, -0.2) is 49.6 Å². The van der Waals surface area contributed by atoms with E-state index in [0.29, 0.717) is 18.7 Å². The van der Waals surface area contributed by atoms with E-state index in [2.05, 4.69) is 5.32 Å². The molecular weight excluding hydrogens is 248 g/mol. The number of carbonyl (C=O) groups is 2. The van der Waals surface area contributed by atoms with Crippen LogP contribution >= 0.6 is 0 Å². The second-order valence-corrected chi connectivity index (χ2v) is 4.32. The van der Waals surface area contributed by atoms with Crippen molar-refractivity contribution in [3.05, 3.63) is 23.8 Å². The van der Waals surface area contributed by atoms with Gasteiger partial charge in [-0.1, -0.05) is 0 Å². The van der Waals surface area contributed by atoms with Crippen LogP contribution in [0.1, 0.15) is 16.8 Å². The Hall–Kier alpha value is -2.08. The van der Waals surface area contributed by atoms with Gasteiger partial charge in [0.05, 0.1) is 7.11 Å². The first-order chi connectivity index (χ1) is 8.93. The summed E-state index contributed by atoms with van der Waals surface area (Å²) in [6.07, 6.45) is 0.371. The second kappa shape index (κ2) is 6.75. The average molecular weight is 266 g/mol. The Bertz CT molecular complexity index is 472. The van der Waals surface area contributed by atoms with Crippen molar-refractivity contribution in [1.82, 2.24) is 4.90 Å². The zero-order valence-corrected chi connectivity index (χ0v) is 11.3. The van der Waals surface area contributed by atoms with Gasteiger partial charge in [0.25, 0.3) is 0 Å². The van der Waals surface area contributed by atoms with E-state index < -0.39 is 5.97 Å². The maximum Gasteiger partial charge on any atom is 0.339 e. The molecule has 0 radical (unpaired) electrons. The van der Waals surface area contributed by atoms with Gasteiger partial charge in [-0.25, -0.2) is 4.79 Å². The number of aromatic carboxylic acids is 1. The Morgan fingerprint density at radius 2 is 2.05 bits per heavy atom. The van der Waals surface area contributed by atoms with E-state index in [1.165, 1.54) is 19.2 Å². The standard InChI is InChI=1S/C13H18N2O4/c1-15(2)7-6-12(16)14-9-4-5-10(13(17)18)11(8-9)19-3/h4-5,8H,6-7H2,1-3H3,(H,14,16)(H,17,18). The molecule has 0 heterocycles. The minimum atomic E-state index is -1.07. The highest BCUT2D eigenvalue weighted by atomic mass is 16.5. The fourth-order valence-electron chi connectivity index (χ4n) is 1.49. The lowest BCUT2D eigenvalue weighted by atomic mass is 10.2. The molecular formula is C13H18N2O4. The summed E-state index contributed by atoms with van der Waals surface area (Å²) in [4.78, 5) is 24.5. The molecule has 0 aliphatic rings. The number of nitrogens with zero attached hydrogens (tertiary/aromatic N) is 1. The highest BCUT2D eigenvalue weighted by molar-refractivity contribution is 5.94. The van der Waals surface area contributed by atoms with Gasteiger partial charge in [-0.3, -0.25) is 4.79 Å². The van der Waals surface area contributed by atoms with Crippen LogP contribution in [-0.2, 0) is 4.79 Å². The van der Waals surface area contributed by atoms with E-state index in [0.717, 1.165) is 0 Å². The molecule has 1 aromatic rings. The first-order valence-corrected chi connectivity index (χ1v) is 5.80. The van der Waals surface area contributed by atoms with Crippen molar-refractivity contribution in [1.29, 1.82) is 0 Å². The van der Waals surface area contributed by atoms with Crippen molar-refractivity contribution in [3.63, 3.8) is 0 Å². The summed E-state index contributed by atoms with van der Waals surface area (Å²) >= 11 is 0. The summed E-state index contributed by atoms with van der Waals surface area (Å²) in [5, 5.41) is 11.6. The van der Waals surface area contributed by atoms with E-state index in [1.54, 1.807) is 6.07 Å². The van der Waals surface area contributed by atoms with Gasteiger partial charge in [0.15, 0.2) is 0 Å². The van der Waals surface area contributed by atoms with Gasteiger partial charge in [0, 0.05) is 24.7 Å². The van der Waals surface area contributed by atoms with Gasteiger partial charge >= 0.3 is 5.97 Å². The molecule has 0 aliphatic carbocycles. The number of methoxy groups -OCH3 is 1. The summed E-state index contributed by atoms with van der Waals surface area (Å²) in [6.45, 7) is 0.649. The highest BCUT2D eigenvalue weighted by Crippen LogP contribution is 2.23. The molecule has 6 nitrogen and oxygen atoms in total. The van der Waals surface area contributed by atoms with Crippen LogP contribution < -0.4 is 10.1 Å². The van der Waals surface area contributed by atoms with Crippen LogP contribution in [0.25, 0.3) is 0 Å². The number of hydrogen-bond donors (Lipinski definition) is 2. The van der Waals surface area contributed by atoms with Crippen LogP contribution in [0.2, 0.25) is 0 Å². The molecule has 6 heteroatoms. The first kappa shape index (κ1) is 15.0. The van der Waals surface area contributed by atoms with Crippen molar-refractivity contribution in [2.45, 2.75) is 6.42 Å². The van der Waals surface area contributed by atoms with Crippen LogP contribution in [0.15, 0.2) is 18.2 Å². The summed E-state index contributed by atoms with van der Waals surface area (Å²) in [7, 11) is 5.16. The highest BCUT2D eigenvalue weighted by Gasteiger charge is 2.12. The van der Waals surface area contributed by atoms with Gasteiger partial charge in [-0.05, 0) is 26.2 Å². The molecule has 0 saturated carbocycles. The topological polar surface area (TPSA) is 78.9 Å². The van der Waals surface area contributed by atoms with Crippen molar-refractivity contribution < 1.29 is 19.4 Å². The van der Waals surface area contributed by atoms with Gasteiger partial charge in [-0.15, -0.1) is 0 Å². The predicted octanol–water partition coefficient (Wildman–Crippen LogP) is 1.28. The van der Waals surface area contributed by atoms with Crippen molar-refractivity contribution >= 4 is 17.6 Å². The largest absolute Gasteiger partial charge is 0.496 e.